The molecule has 4 aromatic rings. The van der Waals surface area contributed by atoms with Crippen molar-refractivity contribution in [3.63, 3.8) is 0 Å². The van der Waals surface area contributed by atoms with Gasteiger partial charge < -0.3 is 4.74 Å². The fourth-order valence-corrected chi connectivity index (χ4v) is 2.96. The third kappa shape index (κ3) is 3.84. The molecule has 0 heterocycles. The molecule has 0 spiro atoms. The van der Waals surface area contributed by atoms with Crippen molar-refractivity contribution in [1.29, 1.82) is 0 Å². The number of rotatable bonds is 5. The molecule has 0 aliphatic carbocycles. The summed E-state index contributed by atoms with van der Waals surface area (Å²) in [5, 5.41) is 0. The van der Waals surface area contributed by atoms with Gasteiger partial charge in [-0.3, -0.25) is 0 Å². The molecule has 0 aliphatic heterocycles. The van der Waals surface area contributed by atoms with Crippen molar-refractivity contribution in [3.05, 3.63) is 115 Å². The molecule has 0 fully saturated rings. The Morgan fingerprint density at radius 2 is 0.846 bits per heavy atom. The summed E-state index contributed by atoms with van der Waals surface area (Å²) in [4.78, 5) is 0. The van der Waals surface area contributed by atoms with Gasteiger partial charge in [0.05, 0.1) is 0 Å². The Kier molecular flexibility index (Phi) is 4.79. The van der Waals surface area contributed by atoms with Gasteiger partial charge in [0.2, 0.25) is 0 Å². The first-order chi connectivity index (χ1) is 12.9. The van der Waals surface area contributed by atoms with Crippen LogP contribution in [0.1, 0.15) is 5.56 Å². The molecule has 1 nitrogen and oxygen atoms in total. The van der Waals surface area contributed by atoms with E-state index in [-0.39, 0.29) is 0 Å². The van der Waals surface area contributed by atoms with E-state index < -0.39 is 0 Å². The largest absolute Gasteiger partial charge is 0.489 e. The molecular weight excluding hydrogens is 316 g/mol. The molecule has 0 unspecified atom stereocenters. The molecule has 0 saturated heterocycles. The monoisotopic (exact) mass is 336 g/mol. The fraction of sp³-hybridized carbons (Fsp3) is 0.0400. The summed E-state index contributed by atoms with van der Waals surface area (Å²) in [6, 6.07) is 37.6. The summed E-state index contributed by atoms with van der Waals surface area (Å²) < 4.78 is 5.93. The summed E-state index contributed by atoms with van der Waals surface area (Å²) >= 11 is 0. The number of benzene rings is 4. The number of hydrogen-bond acceptors (Lipinski definition) is 1. The highest BCUT2D eigenvalue weighted by atomic mass is 16.5. The summed E-state index contributed by atoms with van der Waals surface area (Å²) in [6.45, 7) is 0.569. The summed E-state index contributed by atoms with van der Waals surface area (Å²) in [5.41, 5.74) is 6.04. The van der Waals surface area contributed by atoms with E-state index in [1.807, 2.05) is 24.3 Å². The second-order valence-electron chi connectivity index (χ2n) is 6.24. The van der Waals surface area contributed by atoms with Gasteiger partial charge in [0.25, 0.3) is 0 Å². The Morgan fingerprint density at radius 1 is 0.423 bits per heavy atom. The van der Waals surface area contributed by atoms with Crippen LogP contribution in [0.15, 0.2) is 109 Å². The molecule has 0 radical (unpaired) electrons. The molecule has 1 heteroatoms. The van der Waals surface area contributed by atoms with Gasteiger partial charge in [0, 0.05) is 0 Å². The van der Waals surface area contributed by atoms with Crippen LogP contribution in [0, 0.1) is 0 Å². The quantitative estimate of drug-likeness (QED) is 0.399. The molecule has 0 atom stereocenters. The lowest BCUT2D eigenvalue weighted by Gasteiger charge is -2.09. The van der Waals surface area contributed by atoms with Crippen molar-refractivity contribution in [2.45, 2.75) is 6.61 Å². The zero-order valence-corrected chi connectivity index (χ0v) is 14.5. The SMILES string of the molecule is c1ccc(-c2ccc(COc3ccc(-c4ccccc4)cc3)cc2)cc1. The van der Waals surface area contributed by atoms with E-state index in [2.05, 4.69) is 84.9 Å². The highest BCUT2D eigenvalue weighted by Gasteiger charge is 2.01. The molecule has 0 saturated carbocycles. The van der Waals surface area contributed by atoms with Gasteiger partial charge >= 0.3 is 0 Å². The van der Waals surface area contributed by atoms with Crippen LogP contribution in [-0.2, 0) is 6.61 Å². The van der Waals surface area contributed by atoms with Crippen LogP contribution in [-0.4, -0.2) is 0 Å². The van der Waals surface area contributed by atoms with Crippen molar-refractivity contribution in [1.82, 2.24) is 0 Å². The van der Waals surface area contributed by atoms with Gasteiger partial charge in [0.1, 0.15) is 12.4 Å². The zero-order valence-electron chi connectivity index (χ0n) is 14.5. The smallest absolute Gasteiger partial charge is 0.119 e. The lowest BCUT2D eigenvalue weighted by molar-refractivity contribution is 0.306. The normalized spacial score (nSPS) is 10.5. The number of hydrogen-bond donors (Lipinski definition) is 0. The van der Waals surface area contributed by atoms with E-state index in [1.165, 1.54) is 22.3 Å². The summed E-state index contributed by atoms with van der Waals surface area (Å²) in [5.74, 6) is 0.886. The maximum atomic E-state index is 5.93. The average molecular weight is 336 g/mol. The predicted molar refractivity (Wildman–Crippen MR) is 108 cm³/mol. The van der Waals surface area contributed by atoms with Crippen LogP contribution in [0.2, 0.25) is 0 Å². The van der Waals surface area contributed by atoms with Gasteiger partial charge in [0.15, 0.2) is 0 Å². The molecule has 0 aromatic heterocycles. The third-order valence-electron chi connectivity index (χ3n) is 4.43. The van der Waals surface area contributed by atoms with Crippen molar-refractivity contribution in [2.24, 2.45) is 0 Å². The number of ether oxygens (including phenoxy) is 1. The van der Waals surface area contributed by atoms with E-state index in [0.717, 1.165) is 11.3 Å². The predicted octanol–water partition coefficient (Wildman–Crippen LogP) is 6.60. The standard InChI is InChI=1S/C25H20O/c1-3-7-21(8-4-1)23-13-11-20(12-14-23)19-26-25-17-15-24(16-18-25)22-9-5-2-6-10-22/h1-18H,19H2. The minimum atomic E-state index is 0.569. The Bertz CT molecular complexity index is 857. The molecule has 0 aliphatic rings. The molecule has 0 N–H and O–H groups in total. The first-order valence-corrected chi connectivity index (χ1v) is 8.81. The van der Waals surface area contributed by atoms with Gasteiger partial charge in [-0.25, -0.2) is 0 Å². The van der Waals surface area contributed by atoms with Crippen LogP contribution in [0.3, 0.4) is 0 Å². The van der Waals surface area contributed by atoms with Gasteiger partial charge in [-0.1, -0.05) is 97.1 Å². The van der Waals surface area contributed by atoms with E-state index in [1.54, 1.807) is 0 Å². The zero-order chi connectivity index (χ0) is 17.6. The van der Waals surface area contributed by atoms with Crippen molar-refractivity contribution in [3.8, 4) is 28.0 Å². The van der Waals surface area contributed by atoms with Gasteiger partial charge in [-0.2, -0.15) is 0 Å². The van der Waals surface area contributed by atoms with Crippen molar-refractivity contribution < 1.29 is 4.74 Å². The van der Waals surface area contributed by atoms with Gasteiger partial charge in [-0.15, -0.1) is 0 Å². The highest BCUT2D eigenvalue weighted by molar-refractivity contribution is 5.64. The summed E-state index contributed by atoms with van der Waals surface area (Å²) in [7, 11) is 0. The topological polar surface area (TPSA) is 9.23 Å². The molecule has 126 valence electrons. The third-order valence-corrected chi connectivity index (χ3v) is 4.43. The van der Waals surface area contributed by atoms with E-state index >= 15 is 0 Å². The molecule has 4 rings (SSSR count). The Balaban J connectivity index is 1.40. The fourth-order valence-electron chi connectivity index (χ4n) is 2.96. The first kappa shape index (κ1) is 16.2. The second-order valence-corrected chi connectivity index (χ2v) is 6.24. The Hall–Kier alpha value is -3.32. The maximum Gasteiger partial charge on any atom is 0.119 e. The van der Waals surface area contributed by atoms with E-state index in [4.69, 9.17) is 4.74 Å². The average Bonchev–Trinajstić information content (AvgIpc) is 2.74. The molecule has 0 bridgehead atoms. The second kappa shape index (κ2) is 7.71. The van der Waals surface area contributed by atoms with Crippen LogP contribution in [0.4, 0.5) is 0 Å². The lowest BCUT2D eigenvalue weighted by Crippen LogP contribution is -1.95. The van der Waals surface area contributed by atoms with Crippen LogP contribution < -0.4 is 4.74 Å². The summed E-state index contributed by atoms with van der Waals surface area (Å²) in [6.07, 6.45) is 0. The Labute approximate surface area is 154 Å². The van der Waals surface area contributed by atoms with Crippen LogP contribution in [0.5, 0.6) is 5.75 Å². The van der Waals surface area contributed by atoms with Crippen LogP contribution in [0.25, 0.3) is 22.3 Å². The lowest BCUT2D eigenvalue weighted by atomic mass is 10.0. The highest BCUT2D eigenvalue weighted by Crippen LogP contribution is 2.23. The minimum absolute atomic E-state index is 0.569. The van der Waals surface area contributed by atoms with Crippen molar-refractivity contribution >= 4 is 0 Å². The van der Waals surface area contributed by atoms with Gasteiger partial charge in [-0.05, 0) is 39.9 Å². The molecule has 0 amide bonds. The van der Waals surface area contributed by atoms with Crippen molar-refractivity contribution in [2.75, 3.05) is 0 Å². The van der Waals surface area contributed by atoms with Crippen LogP contribution >= 0.6 is 0 Å². The maximum absolute atomic E-state index is 5.93. The Morgan fingerprint density at radius 3 is 1.35 bits per heavy atom. The van der Waals surface area contributed by atoms with E-state index in [0.29, 0.717) is 6.61 Å². The first-order valence-electron chi connectivity index (χ1n) is 8.81. The molecule has 26 heavy (non-hydrogen) atoms. The van der Waals surface area contributed by atoms with E-state index in [9.17, 15) is 0 Å². The molecule has 4 aromatic carbocycles. The molecular formula is C25H20O. The minimum Gasteiger partial charge on any atom is -0.489 e.